The van der Waals surface area contributed by atoms with Crippen LogP contribution in [0.15, 0.2) is 60.9 Å². The van der Waals surface area contributed by atoms with Crippen LogP contribution in [0, 0.1) is 0 Å². The maximum Gasteiger partial charge on any atom is 2.00 e. The predicted molar refractivity (Wildman–Crippen MR) is 103 cm³/mol. The van der Waals surface area contributed by atoms with Crippen LogP contribution in [0.3, 0.4) is 0 Å². The molecule has 0 atom stereocenters. The van der Waals surface area contributed by atoms with Crippen LogP contribution in [-0.2, 0) is 21.1 Å². The molecular weight excluding hydrogens is 491 g/mol. The molecule has 25 heavy (non-hydrogen) atoms. The summed E-state index contributed by atoms with van der Waals surface area (Å²) in [5, 5.41) is 21.2. The Morgan fingerprint density at radius 3 is 1.48 bits per heavy atom. The third-order valence-electron chi connectivity index (χ3n) is 3.85. The van der Waals surface area contributed by atoms with Gasteiger partial charge in [0.15, 0.2) is 0 Å². The van der Waals surface area contributed by atoms with Crippen molar-refractivity contribution in [2.75, 3.05) is 0 Å². The van der Waals surface area contributed by atoms with Crippen molar-refractivity contribution in [3.63, 3.8) is 0 Å². The van der Waals surface area contributed by atoms with Gasteiger partial charge in [-0.05, 0) is 17.5 Å². The van der Waals surface area contributed by atoms with E-state index in [1.807, 2.05) is 24.5 Å². The van der Waals surface area contributed by atoms with Crippen molar-refractivity contribution < 1.29 is 21.1 Å². The smallest absolute Gasteiger partial charge is 0.809 e. The van der Waals surface area contributed by atoms with Crippen molar-refractivity contribution in [3.05, 3.63) is 71.7 Å². The number of aromatic nitrogens is 2. The maximum absolute atomic E-state index is 8.26. The van der Waals surface area contributed by atoms with Gasteiger partial charge in [-0.3, -0.25) is 9.97 Å². The number of nitrogens with zero attached hydrogens (tertiary/aromatic N) is 4. The van der Waals surface area contributed by atoms with Gasteiger partial charge in [-0.1, -0.05) is 50.2 Å². The number of hydrogen-bond acceptors (Lipinski definition) is 2. The second-order valence-electron chi connectivity index (χ2n) is 5.55. The minimum atomic E-state index is -0.0185. The number of pyridine rings is 2. The molecule has 0 saturated carbocycles. The molecule has 0 unspecified atom stereocenters. The quantitative estimate of drug-likeness (QED) is 0.269. The molecule has 2 heterocycles. The Morgan fingerprint density at radius 1 is 0.680 bits per heavy atom. The first-order valence-electron chi connectivity index (χ1n) is 7.64. The van der Waals surface area contributed by atoms with E-state index in [-0.39, 0.29) is 32.5 Å². The van der Waals surface area contributed by atoms with Gasteiger partial charge in [0, 0.05) is 28.6 Å². The van der Waals surface area contributed by atoms with Crippen molar-refractivity contribution in [2.45, 2.75) is 13.8 Å². The van der Waals surface area contributed by atoms with Gasteiger partial charge >= 0.3 is 21.1 Å². The zero-order valence-electron chi connectivity index (χ0n) is 13.9. The molecule has 4 aromatic rings. The molecule has 0 spiro atoms. The van der Waals surface area contributed by atoms with E-state index in [0.717, 1.165) is 27.2 Å². The van der Waals surface area contributed by atoms with Crippen molar-refractivity contribution in [3.8, 4) is 0 Å². The predicted octanol–water partition coefficient (Wildman–Crippen LogP) is 4.98. The molecule has 0 N–H and O–H groups in total. The van der Waals surface area contributed by atoms with Crippen LogP contribution >= 0.6 is 0 Å². The molecule has 2 aromatic heterocycles. The molecule has 0 fully saturated rings. The van der Waals surface area contributed by atoms with Crippen LogP contribution in [0.25, 0.3) is 43.4 Å². The van der Waals surface area contributed by atoms with E-state index >= 15 is 0 Å². The summed E-state index contributed by atoms with van der Waals surface area (Å²) in [5.41, 5.74) is 2.02. The van der Waals surface area contributed by atoms with Crippen molar-refractivity contribution in [2.24, 2.45) is 0 Å². The molecule has 126 valence electrons. The Labute approximate surface area is 160 Å². The standard InChI is InChI=1S/C16H10N2.C4H6N2.Pt/c1-3-12-7-5-11-6-8-13-4-2-10-18-16(13)14(11)15(12)17-9-1;1-3(5)4(2)6;/h1-10H;1-2H3;/q;-2;+2. The van der Waals surface area contributed by atoms with E-state index in [0.29, 0.717) is 0 Å². The minimum absolute atomic E-state index is 0. The fourth-order valence-corrected chi connectivity index (χ4v) is 2.49. The van der Waals surface area contributed by atoms with Crippen LogP contribution in [-0.4, -0.2) is 21.4 Å². The second-order valence-corrected chi connectivity index (χ2v) is 5.55. The Kier molecular flexibility index (Phi) is 6.11. The maximum atomic E-state index is 8.26. The largest absolute Gasteiger partial charge is 2.00 e. The molecule has 0 amide bonds. The summed E-state index contributed by atoms with van der Waals surface area (Å²) in [7, 11) is 0. The first-order valence-corrected chi connectivity index (χ1v) is 7.64. The average molecular weight is 507 g/mol. The van der Waals surface area contributed by atoms with Gasteiger partial charge in [-0.25, -0.2) is 11.4 Å². The van der Waals surface area contributed by atoms with E-state index in [4.69, 9.17) is 10.8 Å². The van der Waals surface area contributed by atoms with Crippen molar-refractivity contribution >= 4 is 44.0 Å². The molecule has 0 aliphatic heterocycles. The van der Waals surface area contributed by atoms with E-state index in [1.165, 1.54) is 19.2 Å². The zero-order chi connectivity index (χ0) is 17.1. The number of fused-ring (bicyclic) bond motifs is 5. The summed E-state index contributed by atoms with van der Waals surface area (Å²) in [6, 6.07) is 16.6. The fourth-order valence-electron chi connectivity index (χ4n) is 2.49. The van der Waals surface area contributed by atoms with E-state index in [9.17, 15) is 0 Å². The van der Waals surface area contributed by atoms with Gasteiger partial charge in [-0.2, -0.15) is 0 Å². The molecule has 0 bridgehead atoms. The van der Waals surface area contributed by atoms with Crippen LogP contribution < -0.4 is 0 Å². The number of hydrogen-bond donors (Lipinski definition) is 0. The Morgan fingerprint density at radius 2 is 1.08 bits per heavy atom. The molecule has 0 aliphatic carbocycles. The van der Waals surface area contributed by atoms with E-state index in [2.05, 4.69) is 46.4 Å². The first kappa shape index (κ1) is 18.9. The molecular formula is C20H16N4Pt. The van der Waals surface area contributed by atoms with Gasteiger partial charge in [0.2, 0.25) is 0 Å². The molecule has 0 radical (unpaired) electrons. The van der Waals surface area contributed by atoms with Gasteiger partial charge < -0.3 is 10.8 Å². The summed E-state index contributed by atoms with van der Waals surface area (Å²) in [4.78, 5) is 9.04. The summed E-state index contributed by atoms with van der Waals surface area (Å²) in [5.74, 6) is 0. The molecule has 2 aromatic carbocycles. The van der Waals surface area contributed by atoms with Gasteiger partial charge in [0.25, 0.3) is 0 Å². The van der Waals surface area contributed by atoms with Gasteiger partial charge in [0.1, 0.15) is 0 Å². The number of benzene rings is 2. The summed E-state index contributed by atoms with van der Waals surface area (Å²) >= 11 is 0. The third kappa shape index (κ3) is 3.97. The molecule has 4 nitrogen and oxygen atoms in total. The van der Waals surface area contributed by atoms with Crippen LogP contribution in [0.2, 0.25) is 0 Å². The summed E-state index contributed by atoms with van der Waals surface area (Å²) in [6.07, 6.45) is 3.67. The normalized spacial score (nSPS) is 10.0. The summed E-state index contributed by atoms with van der Waals surface area (Å²) < 4.78 is 0. The second kappa shape index (κ2) is 8.08. The molecule has 4 rings (SSSR count). The first-order chi connectivity index (χ1) is 11.6. The van der Waals surface area contributed by atoms with E-state index in [1.54, 1.807) is 0 Å². The SMILES string of the molecule is CC(=[N-])C(C)=[N-].[Pt+2].c1cnc2c(c1)ccc1ccc3cccnc3c12. The molecule has 0 saturated heterocycles. The number of rotatable bonds is 1. The molecule has 0 aliphatic rings. The Bertz CT molecular complexity index is 990. The molecule has 5 heteroatoms. The van der Waals surface area contributed by atoms with Crippen molar-refractivity contribution in [1.82, 2.24) is 9.97 Å². The third-order valence-corrected chi connectivity index (χ3v) is 3.85. The van der Waals surface area contributed by atoms with Crippen LogP contribution in [0.1, 0.15) is 13.8 Å². The fraction of sp³-hybridized carbons (Fsp3) is 0.100. The summed E-state index contributed by atoms with van der Waals surface area (Å²) in [6.45, 7) is 2.85. The Hall–Kier alpha value is -2.45. The van der Waals surface area contributed by atoms with Gasteiger partial charge in [-0.15, -0.1) is 0 Å². The topological polar surface area (TPSA) is 70.4 Å². The Balaban J connectivity index is 0.000000283. The zero-order valence-corrected chi connectivity index (χ0v) is 16.2. The van der Waals surface area contributed by atoms with E-state index < -0.39 is 0 Å². The monoisotopic (exact) mass is 507 g/mol. The van der Waals surface area contributed by atoms with Crippen LogP contribution in [0.5, 0.6) is 0 Å². The minimum Gasteiger partial charge on any atom is -0.809 e. The van der Waals surface area contributed by atoms with Crippen LogP contribution in [0.4, 0.5) is 0 Å². The average Bonchev–Trinajstić information content (AvgIpc) is 2.61. The van der Waals surface area contributed by atoms with Crippen molar-refractivity contribution in [1.29, 1.82) is 0 Å². The van der Waals surface area contributed by atoms with Gasteiger partial charge in [0.05, 0.1) is 11.0 Å².